The fraction of sp³-hybridized carbons (Fsp3) is 0.565. The van der Waals surface area contributed by atoms with Gasteiger partial charge in [-0.05, 0) is 31.2 Å². The van der Waals surface area contributed by atoms with Crippen LogP contribution < -0.4 is 10.6 Å². The third-order valence-corrected chi connectivity index (χ3v) is 6.35. The van der Waals surface area contributed by atoms with Crippen LogP contribution in [0.1, 0.15) is 49.9 Å². The van der Waals surface area contributed by atoms with Crippen LogP contribution in [-0.4, -0.2) is 52.6 Å². The number of rotatable bonds is 6. The van der Waals surface area contributed by atoms with Crippen LogP contribution in [0.3, 0.4) is 0 Å². The molecule has 2 aliphatic rings. The Morgan fingerprint density at radius 2 is 1.86 bits per heavy atom. The number of aliphatic imine (C=N–C) groups is 1. The molecule has 1 saturated heterocycles. The smallest absolute Gasteiger partial charge is 0.191 e. The third-order valence-electron chi connectivity index (χ3n) is 6.35. The molecule has 0 unspecified atom stereocenters. The van der Waals surface area contributed by atoms with E-state index >= 15 is 0 Å². The molecule has 2 aromatic rings. The quantitative estimate of drug-likeness (QED) is 0.584. The zero-order valence-corrected chi connectivity index (χ0v) is 17.6. The number of nitrogens with one attached hydrogen (secondary N) is 2. The molecule has 4 rings (SSSR count). The van der Waals surface area contributed by atoms with Crippen LogP contribution in [0.15, 0.2) is 47.7 Å². The molecule has 29 heavy (non-hydrogen) atoms. The maximum absolute atomic E-state index is 4.53. The fourth-order valence-electron chi connectivity index (χ4n) is 4.66. The second-order valence-corrected chi connectivity index (χ2v) is 8.28. The summed E-state index contributed by atoms with van der Waals surface area (Å²) in [6.45, 7) is 3.92. The van der Waals surface area contributed by atoms with Crippen molar-refractivity contribution < 1.29 is 0 Å². The van der Waals surface area contributed by atoms with Gasteiger partial charge in [0.15, 0.2) is 5.96 Å². The lowest BCUT2D eigenvalue weighted by Gasteiger charge is -2.36. The number of imidazole rings is 1. The van der Waals surface area contributed by atoms with Gasteiger partial charge >= 0.3 is 0 Å². The summed E-state index contributed by atoms with van der Waals surface area (Å²) in [5.41, 5.74) is 1.28. The lowest BCUT2D eigenvalue weighted by atomic mass is 10.0. The molecular weight excluding hydrogens is 360 g/mol. The van der Waals surface area contributed by atoms with Crippen molar-refractivity contribution in [2.45, 2.75) is 63.7 Å². The molecule has 0 atom stereocenters. The van der Waals surface area contributed by atoms with E-state index in [-0.39, 0.29) is 0 Å². The molecule has 1 aliphatic heterocycles. The average molecular weight is 395 g/mol. The first-order valence-corrected chi connectivity index (χ1v) is 11.1. The minimum Gasteiger partial charge on any atom is -0.354 e. The topological polar surface area (TPSA) is 57.5 Å². The SMILES string of the molecule is CN=C(NCc1nccn1Cc1ccccc1)NC1CCN(C2CCCC2)CC1. The third kappa shape index (κ3) is 5.38. The molecule has 2 heterocycles. The van der Waals surface area contributed by atoms with Gasteiger partial charge in [-0.3, -0.25) is 4.99 Å². The number of aromatic nitrogens is 2. The molecule has 0 spiro atoms. The van der Waals surface area contributed by atoms with Gasteiger partial charge in [0.1, 0.15) is 5.82 Å². The van der Waals surface area contributed by atoms with Gasteiger partial charge < -0.3 is 20.1 Å². The zero-order valence-electron chi connectivity index (χ0n) is 17.6. The maximum atomic E-state index is 4.53. The van der Waals surface area contributed by atoms with Gasteiger partial charge in [-0.2, -0.15) is 0 Å². The second-order valence-electron chi connectivity index (χ2n) is 8.28. The summed E-state index contributed by atoms with van der Waals surface area (Å²) in [7, 11) is 1.85. The van der Waals surface area contributed by atoms with Gasteiger partial charge in [-0.15, -0.1) is 0 Å². The summed E-state index contributed by atoms with van der Waals surface area (Å²) < 4.78 is 2.19. The molecule has 1 aliphatic carbocycles. The molecule has 156 valence electrons. The molecule has 0 amide bonds. The Hall–Kier alpha value is -2.34. The predicted molar refractivity (Wildman–Crippen MR) is 118 cm³/mol. The van der Waals surface area contributed by atoms with Crippen molar-refractivity contribution in [3.8, 4) is 0 Å². The van der Waals surface area contributed by atoms with E-state index in [1.54, 1.807) is 0 Å². The zero-order chi connectivity index (χ0) is 19.9. The van der Waals surface area contributed by atoms with Gasteiger partial charge in [-0.1, -0.05) is 43.2 Å². The van der Waals surface area contributed by atoms with E-state index in [0.29, 0.717) is 12.6 Å². The Bertz CT molecular complexity index is 770. The minimum absolute atomic E-state index is 0.503. The Morgan fingerprint density at radius 3 is 2.59 bits per heavy atom. The largest absolute Gasteiger partial charge is 0.354 e. The lowest BCUT2D eigenvalue weighted by Crippen LogP contribution is -2.50. The lowest BCUT2D eigenvalue weighted by molar-refractivity contribution is 0.150. The van der Waals surface area contributed by atoms with E-state index in [9.17, 15) is 0 Å². The van der Waals surface area contributed by atoms with E-state index in [0.717, 1.165) is 24.4 Å². The summed E-state index contributed by atoms with van der Waals surface area (Å²) in [6, 6.07) is 11.8. The number of guanidine groups is 1. The Labute approximate surface area is 174 Å². The van der Waals surface area contributed by atoms with Crippen LogP contribution >= 0.6 is 0 Å². The molecule has 0 radical (unpaired) electrons. The standard InChI is InChI=1S/C23H34N6/c1-24-23(27-20-11-14-28(15-12-20)21-9-5-6-10-21)26-17-22-25-13-16-29(22)18-19-7-3-2-4-8-19/h2-4,7-8,13,16,20-21H,5-6,9-12,14-15,17-18H2,1H3,(H2,24,26,27). The van der Waals surface area contributed by atoms with Crippen LogP contribution in [0.5, 0.6) is 0 Å². The molecule has 1 aromatic carbocycles. The Kier molecular flexibility index (Phi) is 6.83. The van der Waals surface area contributed by atoms with Crippen molar-refractivity contribution in [2.75, 3.05) is 20.1 Å². The summed E-state index contributed by atoms with van der Waals surface area (Å²) in [5.74, 6) is 1.89. The van der Waals surface area contributed by atoms with Crippen molar-refractivity contribution in [1.82, 2.24) is 25.1 Å². The summed E-state index contributed by atoms with van der Waals surface area (Å²) in [6.07, 6.45) is 11.9. The normalized spacial score (nSPS) is 19.6. The van der Waals surface area contributed by atoms with Gasteiger partial charge in [0, 0.05) is 51.2 Å². The van der Waals surface area contributed by atoms with Gasteiger partial charge in [0.25, 0.3) is 0 Å². The molecule has 0 bridgehead atoms. The predicted octanol–water partition coefficient (Wildman–Crippen LogP) is 3.00. The number of piperidine rings is 1. The van der Waals surface area contributed by atoms with E-state index in [4.69, 9.17) is 0 Å². The molecular formula is C23H34N6. The summed E-state index contributed by atoms with van der Waals surface area (Å²) in [4.78, 5) is 11.7. The highest BCUT2D eigenvalue weighted by atomic mass is 15.2. The average Bonchev–Trinajstić information content (AvgIpc) is 3.45. The van der Waals surface area contributed by atoms with Crippen molar-refractivity contribution in [1.29, 1.82) is 0 Å². The first kappa shape index (κ1) is 20.0. The molecule has 6 nitrogen and oxygen atoms in total. The Balaban J connectivity index is 1.25. The highest BCUT2D eigenvalue weighted by Gasteiger charge is 2.27. The first-order valence-electron chi connectivity index (χ1n) is 11.1. The van der Waals surface area contributed by atoms with Gasteiger partial charge in [0.2, 0.25) is 0 Å². The molecule has 1 saturated carbocycles. The monoisotopic (exact) mass is 394 g/mol. The molecule has 1 aromatic heterocycles. The van der Waals surface area contributed by atoms with Crippen LogP contribution in [0, 0.1) is 0 Å². The van der Waals surface area contributed by atoms with Gasteiger partial charge in [0.05, 0.1) is 6.54 Å². The van der Waals surface area contributed by atoms with Gasteiger partial charge in [-0.25, -0.2) is 4.98 Å². The molecule has 2 N–H and O–H groups in total. The van der Waals surface area contributed by atoms with Crippen LogP contribution in [0.25, 0.3) is 0 Å². The summed E-state index contributed by atoms with van der Waals surface area (Å²) >= 11 is 0. The summed E-state index contributed by atoms with van der Waals surface area (Å²) in [5, 5.41) is 7.08. The van der Waals surface area contributed by atoms with Crippen molar-refractivity contribution in [3.05, 3.63) is 54.1 Å². The fourth-order valence-corrected chi connectivity index (χ4v) is 4.66. The maximum Gasteiger partial charge on any atom is 0.191 e. The first-order chi connectivity index (χ1) is 14.3. The molecule has 2 fully saturated rings. The number of nitrogens with zero attached hydrogens (tertiary/aromatic N) is 4. The Morgan fingerprint density at radius 1 is 1.10 bits per heavy atom. The number of likely N-dealkylation sites (tertiary alicyclic amines) is 1. The minimum atomic E-state index is 0.503. The number of benzene rings is 1. The highest BCUT2D eigenvalue weighted by molar-refractivity contribution is 5.79. The van der Waals surface area contributed by atoms with E-state index < -0.39 is 0 Å². The van der Waals surface area contributed by atoms with Crippen molar-refractivity contribution >= 4 is 5.96 Å². The van der Waals surface area contributed by atoms with Crippen LogP contribution in [-0.2, 0) is 13.1 Å². The van der Waals surface area contributed by atoms with Crippen molar-refractivity contribution in [3.63, 3.8) is 0 Å². The van der Waals surface area contributed by atoms with E-state index in [1.165, 1.54) is 57.2 Å². The number of hydrogen-bond donors (Lipinski definition) is 2. The van der Waals surface area contributed by atoms with Crippen LogP contribution in [0.4, 0.5) is 0 Å². The van der Waals surface area contributed by atoms with E-state index in [2.05, 4.69) is 54.3 Å². The van der Waals surface area contributed by atoms with Crippen LogP contribution in [0.2, 0.25) is 0 Å². The highest BCUT2D eigenvalue weighted by Crippen LogP contribution is 2.26. The van der Waals surface area contributed by atoms with Crippen molar-refractivity contribution in [2.24, 2.45) is 4.99 Å². The van der Waals surface area contributed by atoms with E-state index in [1.807, 2.05) is 25.5 Å². The number of hydrogen-bond acceptors (Lipinski definition) is 3. The molecule has 6 heteroatoms. The second kappa shape index (κ2) is 9.92.